The van der Waals surface area contributed by atoms with E-state index in [-0.39, 0.29) is 0 Å². The van der Waals surface area contributed by atoms with Gasteiger partial charge in [-0.1, -0.05) is 31.7 Å². The zero-order valence-corrected chi connectivity index (χ0v) is 10.5. The molecule has 1 N–H and O–H groups in total. The number of aryl methyl sites for hydroxylation is 1. The number of rotatable bonds is 4. The average Bonchev–Trinajstić information content (AvgIpc) is 2.99. The van der Waals surface area contributed by atoms with E-state index in [4.69, 9.17) is 0 Å². The predicted molar refractivity (Wildman–Crippen MR) is 69.9 cm³/mol. The summed E-state index contributed by atoms with van der Waals surface area (Å²) in [4.78, 5) is 4.53. The third-order valence-electron chi connectivity index (χ3n) is 4.38. The van der Waals surface area contributed by atoms with Crippen molar-refractivity contribution >= 4 is 0 Å². The lowest BCUT2D eigenvalue weighted by molar-refractivity contribution is 0.440. The normalized spacial score (nSPS) is 24.1. The van der Waals surface area contributed by atoms with Gasteiger partial charge in [0.25, 0.3) is 0 Å². The van der Waals surface area contributed by atoms with Gasteiger partial charge in [0.2, 0.25) is 0 Å². The first kappa shape index (κ1) is 11.2. The highest BCUT2D eigenvalue weighted by Crippen LogP contribution is 2.30. The van der Waals surface area contributed by atoms with Gasteiger partial charge < -0.3 is 5.32 Å². The third kappa shape index (κ3) is 2.52. The molecule has 2 aliphatic rings. The van der Waals surface area contributed by atoms with Gasteiger partial charge in [-0.3, -0.25) is 4.98 Å². The molecule has 1 atom stereocenters. The van der Waals surface area contributed by atoms with Crippen LogP contribution >= 0.6 is 0 Å². The summed E-state index contributed by atoms with van der Waals surface area (Å²) in [5.41, 5.74) is 2.75. The number of fused-ring (bicyclic) bond motifs is 1. The van der Waals surface area contributed by atoms with Gasteiger partial charge in [0.15, 0.2) is 0 Å². The van der Waals surface area contributed by atoms with Crippen LogP contribution in [-0.2, 0) is 6.42 Å². The summed E-state index contributed by atoms with van der Waals surface area (Å²) >= 11 is 0. The number of aromatic nitrogens is 1. The van der Waals surface area contributed by atoms with E-state index in [1.165, 1.54) is 62.7 Å². The Morgan fingerprint density at radius 3 is 3.00 bits per heavy atom. The lowest BCUT2D eigenvalue weighted by Gasteiger charge is -2.15. The molecule has 0 bridgehead atoms. The Morgan fingerprint density at radius 2 is 2.12 bits per heavy atom. The minimum Gasteiger partial charge on any atom is -0.309 e. The lowest BCUT2D eigenvalue weighted by Crippen LogP contribution is -2.22. The van der Waals surface area contributed by atoms with Gasteiger partial charge >= 0.3 is 0 Å². The van der Waals surface area contributed by atoms with Crippen LogP contribution in [0.25, 0.3) is 0 Å². The van der Waals surface area contributed by atoms with Crippen molar-refractivity contribution in [1.29, 1.82) is 0 Å². The molecule has 0 saturated heterocycles. The number of hydrogen-bond acceptors (Lipinski definition) is 2. The molecule has 2 nitrogen and oxygen atoms in total. The molecule has 3 rings (SSSR count). The van der Waals surface area contributed by atoms with Gasteiger partial charge in [-0.25, -0.2) is 0 Å². The SMILES string of the molecule is c1cnc2c(c1)CCC2NCCC1CCCC1. The molecule has 1 heterocycles. The molecular weight excluding hydrogens is 208 g/mol. The molecule has 2 aliphatic carbocycles. The van der Waals surface area contributed by atoms with Crippen molar-refractivity contribution < 1.29 is 0 Å². The van der Waals surface area contributed by atoms with E-state index in [1.54, 1.807) is 0 Å². The number of pyridine rings is 1. The third-order valence-corrected chi connectivity index (χ3v) is 4.38. The highest BCUT2D eigenvalue weighted by atomic mass is 14.9. The van der Waals surface area contributed by atoms with E-state index in [2.05, 4.69) is 22.4 Å². The van der Waals surface area contributed by atoms with Crippen LogP contribution in [0.3, 0.4) is 0 Å². The van der Waals surface area contributed by atoms with Gasteiger partial charge in [0.05, 0.1) is 11.7 Å². The molecule has 1 unspecified atom stereocenters. The summed E-state index contributed by atoms with van der Waals surface area (Å²) in [6, 6.07) is 4.80. The van der Waals surface area contributed by atoms with Crippen LogP contribution in [0, 0.1) is 5.92 Å². The molecule has 1 fully saturated rings. The molecule has 0 amide bonds. The second-order valence-corrected chi connectivity index (χ2v) is 5.53. The molecule has 0 aromatic carbocycles. The van der Waals surface area contributed by atoms with E-state index >= 15 is 0 Å². The van der Waals surface area contributed by atoms with Crippen LogP contribution in [0.4, 0.5) is 0 Å². The maximum Gasteiger partial charge on any atom is 0.0605 e. The van der Waals surface area contributed by atoms with Crippen molar-refractivity contribution in [2.45, 2.75) is 51.0 Å². The first-order valence-corrected chi connectivity index (χ1v) is 7.10. The molecule has 1 aromatic heterocycles. The fraction of sp³-hybridized carbons (Fsp3) is 0.667. The summed E-state index contributed by atoms with van der Waals surface area (Å²) in [7, 11) is 0. The monoisotopic (exact) mass is 230 g/mol. The van der Waals surface area contributed by atoms with E-state index in [9.17, 15) is 0 Å². The minimum absolute atomic E-state index is 0.521. The minimum atomic E-state index is 0.521. The molecule has 1 aromatic rings. The maximum absolute atomic E-state index is 4.53. The largest absolute Gasteiger partial charge is 0.309 e. The first-order chi connectivity index (χ1) is 8.43. The van der Waals surface area contributed by atoms with Crippen molar-refractivity contribution in [1.82, 2.24) is 10.3 Å². The van der Waals surface area contributed by atoms with Crippen LogP contribution in [0.5, 0.6) is 0 Å². The van der Waals surface area contributed by atoms with Crippen LogP contribution in [-0.4, -0.2) is 11.5 Å². The fourth-order valence-electron chi connectivity index (χ4n) is 3.37. The van der Waals surface area contributed by atoms with Gasteiger partial charge in [-0.2, -0.15) is 0 Å². The first-order valence-electron chi connectivity index (χ1n) is 7.10. The summed E-state index contributed by atoms with van der Waals surface area (Å²) < 4.78 is 0. The quantitative estimate of drug-likeness (QED) is 0.859. The van der Waals surface area contributed by atoms with Gasteiger partial charge in [0.1, 0.15) is 0 Å². The summed E-state index contributed by atoms with van der Waals surface area (Å²) in [5, 5.41) is 3.70. The van der Waals surface area contributed by atoms with Crippen LogP contribution in [0.15, 0.2) is 18.3 Å². The molecule has 0 radical (unpaired) electrons. The van der Waals surface area contributed by atoms with Crippen molar-refractivity contribution in [2.75, 3.05) is 6.54 Å². The number of hydrogen-bond donors (Lipinski definition) is 1. The van der Waals surface area contributed by atoms with Crippen LogP contribution < -0.4 is 5.32 Å². The topological polar surface area (TPSA) is 24.9 Å². The van der Waals surface area contributed by atoms with Gasteiger partial charge in [-0.15, -0.1) is 0 Å². The summed E-state index contributed by atoms with van der Waals surface area (Å²) in [6.45, 7) is 1.17. The number of nitrogens with zero attached hydrogens (tertiary/aromatic N) is 1. The van der Waals surface area contributed by atoms with Crippen LogP contribution in [0.1, 0.15) is 55.8 Å². The standard InChI is InChI=1S/C15H22N2/c1-2-5-12(4-1)9-11-16-14-8-7-13-6-3-10-17-15(13)14/h3,6,10,12,14,16H,1-2,4-5,7-9,11H2. The van der Waals surface area contributed by atoms with E-state index in [0.29, 0.717) is 6.04 Å². The summed E-state index contributed by atoms with van der Waals surface area (Å²) in [5.74, 6) is 0.993. The Balaban J connectivity index is 1.50. The molecule has 1 saturated carbocycles. The Bertz CT molecular complexity index is 369. The Kier molecular flexibility index (Phi) is 3.41. The van der Waals surface area contributed by atoms with Crippen molar-refractivity contribution in [3.05, 3.63) is 29.6 Å². The van der Waals surface area contributed by atoms with E-state index in [1.807, 2.05) is 6.20 Å². The maximum atomic E-state index is 4.53. The summed E-state index contributed by atoms with van der Waals surface area (Å²) in [6.07, 6.45) is 11.6. The fourth-order valence-corrected chi connectivity index (χ4v) is 3.37. The number of nitrogens with one attached hydrogen (secondary N) is 1. The lowest BCUT2D eigenvalue weighted by atomic mass is 10.0. The van der Waals surface area contributed by atoms with E-state index in [0.717, 1.165) is 5.92 Å². The molecule has 0 aliphatic heterocycles. The Morgan fingerprint density at radius 1 is 1.24 bits per heavy atom. The molecule has 0 spiro atoms. The van der Waals surface area contributed by atoms with E-state index < -0.39 is 0 Å². The zero-order chi connectivity index (χ0) is 11.5. The molecular formula is C15H22N2. The smallest absolute Gasteiger partial charge is 0.0605 e. The van der Waals surface area contributed by atoms with Crippen LogP contribution in [0.2, 0.25) is 0 Å². The predicted octanol–water partition coefficient (Wildman–Crippen LogP) is 3.24. The average molecular weight is 230 g/mol. The van der Waals surface area contributed by atoms with Crippen molar-refractivity contribution in [2.24, 2.45) is 5.92 Å². The Labute approximate surface area is 104 Å². The second-order valence-electron chi connectivity index (χ2n) is 5.53. The molecule has 2 heteroatoms. The van der Waals surface area contributed by atoms with Gasteiger partial charge in [-0.05, 0) is 43.4 Å². The van der Waals surface area contributed by atoms with Gasteiger partial charge in [0, 0.05) is 6.20 Å². The second kappa shape index (κ2) is 5.18. The van der Waals surface area contributed by atoms with Crippen molar-refractivity contribution in [3.63, 3.8) is 0 Å². The Hall–Kier alpha value is -0.890. The zero-order valence-electron chi connectivity index (χ0n) is 10.5. The van der Waals surface area contributed by atoms with Crippen molar-refractivity contribution in [3.8, 4) is 0 Å². The molecule has 17 heavy (non-hydrogen) atoms. The highest BCUT2D eigenvalue weighted by Gasteiger charge is 2.23. The highest BCUT2D eigenvalue weighted by molar-refractivity contribution is 5.27. The molecule has 92 valence electrons.